The second kappa shape index (κ2) is 9.43. The largest absolute Gasteiger partial charge is 0.488 e. The van der Waals surface area contributed by atoms with E-state index in [0.717, 1.165) is 27.5 Å². The summed E-state index contributed by atoms with van der Waals surface area (Å²) < 4.78 is 11.5. The van der Waals surface area contributed by atoms with Gasteiger partial charge in [0.25, 0.3) is 0 Å². The van der Waals surface area contributed by atoms with Crippen molar-refractivity contribution >= 4 is 22.8 Å². The fraction of sp³-hybridized carbons (Fsp3) is 0.167. The molecule has 1 aliphatic heterocycles. The normalized spacial score (nSPS) is 15.6. The SMILES string of the molecule is O=C(OCc1ccccc1)C1CSC(c2ccccc2OCc2ccccc2)=N1. The predicted molar refractivity (Wildman–Crippen MR) is 116 cm³/mol. The van der Waals surface area contributed by atoms with Crippen LogP contribution in [0.1, 0.15) is 16.7 Å². The van der Waals surface area contributed by atoms with E-state index in [1.807, 2.05) is 84.9 Å². The molecule has 5 heteroatoms. The van der Waals surface area contributed by atoms with Gasteiger partial charge in [-0.15, -0.1) is 11.8 Å². The van der Waals surface area contributed by atoms with Crippen molar-refractivity contribution in [2.75, 3.05) is 5.75 Å². The molecule has 146 valence electrons. The minimum Gasteiger partial charge on any atom is -0.488 e. The molecule has 4 nitrogen and oxygen atoms in total. The van der Waals surface area contributed by atoms with Crippen LogP contribution in [0.4, 0.5) is 0 Å². The van der Waals surface area contributed by atoms with Gasteiger partial charge in [-0.05, 0) is 23.3 Å². The van der Waals surface area contributed by atoms with Gasteiger partial charge in [-0.3, -0.25) is 4.99 Å². The number of thioether (sulfide) groups is 1. The summed E-state index contributed by atoms with van der Waals surface area (Å²) >= 11 is 1.56. The Hall–Kier alpha value is -3.05. The van der Waals surface area contributed by atoms with Gasteiger partial charge in [-0.1, -0.05) is 72.8 Å². The summed E-state index contributed by atoms with van der Waals surface area (Å²) in [6, 6.07) is 27.0. The number of rotatable bonds is 7. The third kappa shape index (κ3) is 5.06. The lowest BCUT2D eigenvalue weighted by Crippen LogP contribution is -2.21. The molecule has 0 radical (unpaired) electrons. The Bertz CT molecular complexity index is 989. The number of benzene rings is 3. The van der Waals surface area contributed by atoms with Crippen LogP contribution in [0, 0.1) is 0 Å². The molecule has 1 heterocycles. The Kier molecular flexibility index (Phi) is 6.27. The highest BCUT2D eigenvalue weighted by Gasteiger charge is 2.28. The molecule has 1 aliphatic rings. The average molecular weight is 404 g/mol. The minimum atomic E-state index is -0.485. The van der Waals surface area contributed by atoms with Crippen LogP contribution in [-0.4, -0.2) is 22.8 Å². The average Bonchev–Trinajstić information content (AvgIpc) is 3.28. The van der Waals surface area contributed by atoms with Crippen molar-refractivity contribution < 1.29 is 14.3 Å². The molecule has 0 saturated carbocycles. The number of hydrogen-bond acceptors (Lipinski definition) is 5. The molecule has 1 atom stereocenters. The Morgan fingerprint density at radius 2 is 1.48 bits per heavy atom. The van der Waals surface area contributed by atoms with Gasteiger partial charge in [-0.25, -0.2) is 4.79 Å². The zero-order valence-corrected chi connectivity index (χ0v) is 16.7. The maximum Gasteiger partial charge on any atom is 0.332 e. The Balaban J connectivity index is 1.41. The van der Waals surface area contributed by atoms with Gasteiger partial charge in [-0.2, -0.15) is 0 Å². The lowest BCUT2D eigenvalue weighted by Gasteiger charge is -2.11. The van der Waals surface area contributed by atoms with E-state index in [1.54, 1.807) is 11.8 Å². The molecule has 0 amide bonds. The fourth-order valence-corrected chi connectivity index (χ4v) is 4.02. The molecule has 0 bridgehead atoms. The first kappa shape index (κ1) is 19.3. The van der Waals surface area contributed by atoms with Crippen LogP contribution < -0.4 is 4.74 Å². The molecule has 0 saturated heterocycles. The standard InChI is InChI=1S/C24H21NO3S/c26-24(28-16-19-11-5-2-6-12-19)21-17-29-23(25-21)20-13-7-8-14-22(20)27-15-18-9-3-1-4-10-18/h1-14,21H,15-17H2. The van der Waals surface area contributed by atoms with Crippen molar-refractivity contribution in [3.63, 3.8) is 0 Å². The van der Waals surface area contributed by atoms with Gasteiger partial charge in [0.05, 0.1) is 0 Å². The zero-order valence-electron chi connectivity index (χ0n) is 15.9. The lowest BCUT2D eigenvalue weighted by molar-refractivity contribution is -0.145. The summed E-state index contributed by atoms with van der Waals surface area (Å²) in [6.45, 7) is 0.751. The summed E-state index contributed by atoms with van der Waals surface area (Å²) in [5, 5.41) is 0.815. The molecule has 29 heavy (non-hydrogen) atoms. The van der Waals surface area contributed by atoms with E-state index < -0.39 is 6.04 Å². The van der Waals surface area contributed by atoms with Crippen LogP contribution in [0.25, 0.3) is 0 Å². The Labute approximate surface area is 174 Å². The lowest BCUT2D eigenvalue weighted by atomic mass is 10.2. The van der Waals surface area contributed by atoms with Crippen LogP contribution in [0.5, 0.6) is 5.75 Å². The highest BCUT2D eigenvalue weighted by molar-refractivity contribution is 8.14. The first-order chi connectivity index (χ1) is 14.3. The zero-order chi connectivity index (χ0) is 19.9. The minimum absolute atomic E-state index is 0.266. The predicted octanol–water partition coefficient (Wildman–Crippen LogP) is 4.87. The van der Waals surface area contributed by atoms with E-state index >= 15 is 0 Å². The molecule has 3 aromatic carbocycles. The molecule has 1 unspecified atom stereocenters. The number of nitrogens with zero attached hydrogens (tertiary/aromatic N) is 1. The number of carbonyl (C=O) groups is 1. The van der Waals surface area contributed by atoms with E-state index in [9.17, 15) is 4.79 Å². The Morgan fingerprint density at radius 1 is 0.862 bits per heavy atom. The smallest absolute Gasteiger partial charge is 0.332 e. The molecule has 3 aromatic rings. The summed E-state index contributed by atoms with van der Waals surface area (Å²) in [5.74, 6) is 1.05. The maximum atomic E-state index is 12.4. The highest BCUT2D eigenvalue weighted by atomic mass is 32.2. The molecule has 0 aliphatic carbocycles. The van der Waals surface area contributed by atoms with Gasteiger partial charge in [0.15, 0.2) is 6.04 Å². The van der Waals surface area contributed by atoms with Gasteiger partial charge in [0.1, 0.15) is 24.0 Å². The topological polar surface area (TPSA) is 47.9 Å². The van der Waals surface area contributed by atoms with Crippen LogP contribution in [0.2, 0.25) is 0 Å². The molecular weight excluding hydrogens is 382 g/mol. The number of esters is 1. The quantitative estimate of drug-likeness (QED) is 0.528. The van der Waals surface area contributed by atoms with Crippen molar-refractivity contribution in [3.8, 4) is 5.75 Å². The van der Waals surface area contributed by atoms with Crippen LogP contribution in [0.3, 0.4) is 0 Å². The van der Waals surface area contributed by atoms with Crippen LogP contribution in [-0.2, 0) is 22.7 Å². The second-order valence-corrected chi connectivity index (χ2v) is 7.63. The van der Waals surface area contributed by atoms with Crippen molar-refractivity contribution in [3.05, 3.63) is 102 Å². The number of hydrogen-bond donors (Lipinski definition) is 0. The van der Waals surface area contributed by atoms with Crippen LogP contribution in [0.15, 0.2) is 89.9 Å². The van der Waals surface area contributed by atoms with E-state index in [0.29, 0.717) is 12.4 Å². The summed E-state index contributed by atoms with van der Waals surface area (Å²) in [4.78, 5) is 17.0. The van der Waals surface area contributed by atoms with Gasteiger partial charge in [0, 0.05) is 11.3 Å². The van der Waals surface area contributed by atoms with Crippen molar-refractivity contribution in [1.29, 1.82) is 0 Å². The summed E-state index contributed by atoms with van der Waals surface area (Å²) in [5.41, 5.74) is 2.98. The van der Waals surface area contributed by atoms with E-state index in [-0.39, 0.29) is 12.6 Å². The molecule has 4 rings (SSSR count). The molecule has 0 spiro atoms. The van der Waals surface area contributed by atoms with Crippen LogP contribution >= 0.6 is 11.8 Å². The maximum absolute atomic E-state index is 12.4. The van der Waals surface area contributed by atoms with Crippen molar-refractivity contribution in [2.45, 2.75) is 19.3 Å². The van der Waals surface area contributed by atoms with E-state index in [2.05, 4.69) is 4.99 Å². The third-order valence-electron chi connectivity index (χ3n) is 4.50. The van der Waals surface area contributed by atoms with E-state index in [1.165, 1.54) is 0 Å². The van der Waals surface area contributed by atoms with Gasteiger partial charge < -0.3 is 9.47 Å². The third-order valence-corrected chi connectivity index (χ3v) is 5.58. The number of ether oxygens (including phenoxy) is 2. The number of para-hydroxylation sites is 1. The number of aliphatic imine (C=N–C) groups is 1. The summed E-state index contributed by atoms with van der Waals surface area (Å²) in [7, 11) is 0. The van der Waals surface area contributed by atoms with E-state index in [4.69, 9.17) is 9.47 Å². The fourth-order valence-electron chi connectivity index (χ4n) is 2.97. The summed E-state index contributed by atoms with van der Waals surface area (Å²) in [6.07, 6.45) is 0. The first-order valence-corrected chi connectivity index (χ1v) is 10.5. The molecule has 0 N–H and O–H groups in total. The molecule has 0 aromatic heterocycles. The Morgan fingerprint density at radius 3 is 2.21 bits per heavy atom. The van der Waals surface area contributed by atoms with Crippen molar-refractivity contribution in [1.82, 2.24) is 0 Å². The monoisotopic (exact) mass is 403 g/mol. The highest BCUT2D eigenvalue weighted by Crippen LogP contribution is 2.30. The molecule has 0 fully saturated rings. The first-order valence-electron chi connectivity index (χ1n) is 9.47. The number of carbonyl (C=O) groups excluding carboxylic acids is 1. The second-order valence-electron chi connectivity index (χ2n) is 6.62. The van der Waals surface area contributed by atoms with Crippen molar-refractivity contribution in [2.24, 2.45) is 4.99 Å². The van der Waals surface area contributed by atoms with Gasteiger partial charge >= 0.3 is 5.97 Å². The van der Waals surface area contributed by atoms with Gasteiger partial charge in [0.2, 0.25) is 0 Å². The molecular formula is C24H21NO3S.